The van der Waals surface area contributed by atoms with Crippen molar-refractivity contribution in [3.05, 3.63) is 38.8 Å². The molecule has 0 saturated heterocycles. The van der Waals surface area contributed by atoms with Gasteiger partial charge in [0.15, 0.2) is 0 Å². The lowest BCUT2D eigenvalue weighted by molar-refractivity contribution is -0.137. The van der Waals surface area contributed by atoms with Gasteiger partial charge in [0, 0.05) is 21.0 Å². The topological polar surface area (TPSA) is 38.9 Å². The second kappa shape index (κ2) is 5.37. The van der Waals surface area contributed by atoms with E-state index in [-0.39, 0.29) is 11.6 Å². The Morgan fingerprint density at radius 1 is 1.33 bits per heavy atom. The molecule has 1 aliphatic rings. The lowest BCUT2D eigenvalue weighted by atomic mass is 9.99. The lowest BCUT2D eigenvalue weighted by Gasteiger charge is -2.15. The number of nitrogens with two attached hydrogens (primary N) is 1. The second-order valence-electron chi connectivity index (χ2n) is 5.02. The number of hydrogen-bond donors (Lipinski definition) is 1. The van der Waals surface area contributed by atoms with E-state index in [1.54, 1.807) is 6.07 Å². The fraction of sp³-hybridized carbons (Fsp3) is 0.357. The Balaban J connectivity index is 2.13. The van der Waals surface area contributed by atoms with Gasteiger partial charge in [-0.1, -0.05) is 22.0 Å². The van der Waals surface area contributed by atoms with Crippen LogP contribution in [-0.4, -0.2) is 4.98 Å². The maximum Gasteiger partial charge on any atom is 0.417 e. The van der Waals surface area contributed by atoms with E-state index in [1.807, 2.05) is 0 Å². The van der Waals surface area contributed by atoms with Crippen molar-refractivity contribution < 1.29 is 13.2 Å². The molecule has 0 amide bonds. The zero-order chi connectivity index (χ0) is 15.2. The van der Waals surface area contributed by atoms with Crippen LogP contribution in [0, 0.1) is 0 Å². The standard InChI is InChI=1S/C14H12BrF3N2S/c15-7-4-5-8(9(6-7)14(16,17)18)13-20-11-3-1-2-10(19)12(11)21-13/h4-6,10H,1-3,19H2. The fourth-order valence-electron chi connectivity index (χ4n) is 2.51. The van der Waals surface area contributed by atoms with Crippen LogP contribution < -0.4 is 5.73 Å². The monoisotopic (exact) mass is 376 g/mol. The Kier molecular flexibility index (Phi) is 3.83. The Labute approximate surface area is 132 Å². The van der Waals surface area contributed by atoms with E-state index in [0.717, 1.165) is 35.9 Å². The minimum atomic E-state index is -4.41. The van der Waals surface area contributed by atoms with Crippen LogP contribution in [0.5, 0.6) is 0 Å². The van der Waals surface area contributed by atoms with Crippen molar-refractivity contribution >= 4 is 27.3 Å². The third-order valence-electron chi connectivity index (χ3n) is 3.51. The van der Waals surface area contributed by atoms with Crippen LogP contribution in [0.3, 0.4) is 0 Å². The normalized spacial score (nSPS) is 18.6. The number of hydrogen-bond acceptors (Lipinski definition) is 3. The van der Waals surface area contributed by atoms with E-state index >= 15 is 0 Å². The van der Waals surface area contributed by atoms with Crippen molar-refractivity contribution in [1.29, 1.82) is 0 Å². The van der Waals surface area contributed by atoms with E-state index in [0.29, 0.717) is 9.48 Å². The van der Waals surface area contributed by atoms with Gasteiger partial charge in [0.05, 0.1) is 11.3 Å². The average molecular weight is 377 g/mol. The van der Waals surface area contributed by atoms with Gasteiger partial charge in [-0.25, -0.2) is 4.98 Å². The van der Waals surface area contributed by atoms with Crippen LogP contribution in [0.15, 0.2) is 22.7 Å². The molecule has 1 heterocycles. The Morgan fingerprint density at radius 2 is 2.10 bits per heavy atom. The van der Waals surface area contributed by atoms with Crippen LogP contribution in [0.2, 0.25) is 0 Å². The Bertz CT molecular complexity index is 681. The second-order valence-corrected chi connectivity index (χ2v) is 6.96. The largest absolute Gasteiger partial charge is 0.417 e. The molecule has 21 heavy (non-hydrogen) atoms. The molecule has 112 valence electrons. The number of halogens is 4. The summed E-state index contributed by atoms with van der Waals surface area (Å²) in [5, 5.41) is 0.400. The summed E-state index contributed by atoms with van der Waals surface area (Å²) in [5.41, 5.74) is 6.33. The van der Waals surface area contributed by atoms with Gasteiger partial charge < -0.3 is 5.73 Å². The number of aromatic nitrogens is 1. The minimum Gasteiger partial charge on any atom is -0.323 e. The number of fused-ring (bicyclic) bond motifs is 1. The van der Waals surface area contributed by atoms with Crippen molar-refractivity contribution in [2.45, 2.75) is 31.5 Å². The Hall–Kier alpha value is -0.920. The molecule has 3 rings (SSSR count). The molecule has 2 aromatic rings. The van der Waals surface area contributed by atoms with E-state index in [9.17, 15) is 13.2 Å². The zero-order valence-corrected chi connectivity index (χ0v) is 13.3. The maximum atomic E-state index is 13.2. The summed E-state index contributed by atoms with van der Waals surface area (Å²) >= 11 is 4.37. The molecule has 1 unspecified atom stereocenters. The molecule has 1 aromatic carbocycles. The van der Waals surface area contributed by atoms with Crippen molar-refractivity contribution in [2.75, 3.05) is 0 Å². The molecule has 0 fully saturated rings. The van der Waals surface area contributed by atoms with Crippen molar-refractivity contribution in [3.63, 3.8) is 0 Å². The first kappa shape index (κ1) is 15.0. The summed E-state index contributed by atoms with van der Waals surface area (Å²) < 4.78 is 40.0. The van der Waals surface area contributed by atoms with Crippen LogP contribution in [0.4, 0.5) is 13.2 Å². The van der Waals surface area contributed by atoms with E-state index < -0.39 is 11.7 Å². The quantitative estimate of drug-likeness (QED) is 0.766. The summed E-state index contributed by atoms with van der Waals surface area (Å²) in [5.74, 6) is 0. The first-order chi connectivity index (χ1) is 9.86. The molecule has 7 heteroatoms. The zero-order valence-electron chi connectivity index (χ0n) is 10.9. The highest BCUT2D eigenvalue weighted by Gasteiger charge is 2.35. The number of rotatable bonds is 1. The molecule has 0 spiro atoms. The minimum absolute atomic E-state index is 0.107. The number of benzene rings is 1. The molecule has 1 aliphatic carbocycles. The number of nitrogens with zero attached hydrogens (tertiary/aromatic N) is 1. The summed E-state index contributed by atoms with van der Waals surface area (Å²) in [6.07, 6.45) is -1.82. The molecule has 1 atom stereocenters. The Morgan fingerprint density at radius 3 is 2.76 bits per heavy atom. The van der Waals surface area contributed by atoms with Gasteiger partial charge in [-0.05, 0) is 31.4 Å². The maximum absolute atomic E-state index is 13.2. The van der Waals surface area contributed by atoms with Gasteiger partial charge in [0.25, 0.3) is 0 Å². The predicted molar refractivity (Wildman–Crippen MR) is 80.1 cm³/mol. The van der Waals surface area contributed by atoms with Crippen LogP contribution >= 0.6 is 27.3 Å². The third-order valence-corrected chi connectivity index (χ3v) is 5.27. The average Bonchev–Trinajstić information content (AvgIpc) is 2.83. The third kappa shape index (κ3) is 2.86. The SMILES string of the molecule is NC1CCCc2nc(-c3ccc(Br)cc3C(F)(F)F)sc21. The number of alkyl halides is 3. The molecule has 1 aromatic heterocycles. The first-order valence-corrected chi connectivity index (χ1v) is 8.09. The molecule has 0 aliphatic heterocycles. The number of thiazole rings is 1. The predicted octanol–water partition coefficient (Wildman–Crippen LogP) is 4.93. The van der Waals surface area contributed by atoms with Gasteiger partial charge in [-0.15, -0.1) is 11.3 Å². The van der Waals surface area contributed by atoms with Crippen LogP contribution in [-0.2, 0) is 12.6 Å². The van der Waals surface area contributed by atoms with Gasteiger partial charge in [-0.2, -0.15) is 13.2 Å². The molecular formula is C14H12BrF3N2S. The molecular weight excluding hydrogens is 365 g/mol. The molecule has 0 bridgehead atoms. The molecule has 2 N–H and O–H groups in total. The van der Waals surface area contributed by atoms with Crippen LogP contribution in [0.25, 0.3) is 10.6 Å². The van der Waals surface area contributed by atoms with E-state index in [4.69, 9.17) is 5.73 Å². The number of aryl methyl sites for hydroxylation is 1. The highest BCUT2D eigenvalue weighted by atomic mass is 79.9. The van der Waals surface area contributed by atoms with E-state index in [2.05, 4.69) is 20.9 Å². The highest BCUT2D eigenvalue weighted by molar-refractivity contribution is 9.10. The smallest absolute Gasteiger partial charge is 0.323 e. The van der Waals surface area contributed by atoms with Crippen molar-refractivity contribution in [3.8, 4) is 10.6 Å². The molecule has 0 saturated carbocycles. The summed E-state index contributed by atoms with van der Waals surface area (Å²) in [6.45, 7) is 0. The first-order valence-electron chi connectivity index (χ1n) is 6.48. The molecule has 0 radical (unpaired) electrons. The van der Waals surface area contributed by atoms with E-state index in [1.165, 1.54) is 17.4 Å². The summed E-state index contributed by atoms with van der Waals surface area (Å²) in [6, 6.07) is 4.05. The van der Waals surface area contributed by atoms with Crippen molar-refractivity contribution in [2.24, 2.45) is 5.73 Å². The van der Waals surface area contributed by atoms with Gasteiger partial charge in [0.1, 0.15) is 5.01 Å². The van der Waals surface area contributed by atoms with Gasteiger partial charge in [-0.3, -0.25) is 0 Å². The van der Waals surface area contributed by atoms with Crippen molar-refractivity contribution in [1.82, 2.24) is 4.98 Å². The van der Waals surface area contributed by atoms with Gasteiger partial charge in [0.2, 0.25) is 0 Å². The summed E-state index contributed by atoms with van der Waals surface area (Å²) in [7, 11) is 0. The summed E-state index contributed by atoms with van der Waals surface area (Å²) in [4.78, 5) is 5.32. The fourth-order valence-corrected chi connectivity index (χ4v) is 4.05. The van der Waals surface area contributed by atoms with Gasteiger partial charge >= 0.3 is 6.18 Å². The molecule has 2 nitrogen and oxygen atoms in total. The lowest BCUT2D eigenvalue weighted by Crippen LogP contribution is -2.15. The highest BCUT2D eigenvalue weighted by Crippen LogP contribution is 2.42. The van der Waals surface area contributed by atoms with Crippen LogP contribution in [0.1, 0.15) is 35.0 Å².